The van der Waals surface area contributed by atoms with E-state index in [1.165, 1.54) is 82.7 Å². The Balaban J connectivity index is 1.16. The fraction of sp³-hybridized carbons (Fsp3) is 0.214. The molecule has 0 unspecified atom stereocenters. The van der Waals surface area contributed by atoms with Crippen molar-refractivity contribution in [3.05, 3.63) is 162 Å². The number of hydrogen-bond donors (Lipinski definition) is 0. The predicted octanol–water partition coefficient (Wildman–Crippen LogP) is 14.4. The molecule has 6 aliphatic carbocycles. The summed E-state index contributed by atoms with van der Waals surface area (Å²) in [5, 5.41) is 4.89. The number of rotatable bonds is 4. The highest BCUT2D eigenvalue weighted by Gasteiger charge is 2.38. The molecule has 0 spiro atoms. The number of ketones is 2. The Morgan fingerprint density at radius 3 is 1.12 bits per heavy atom. The molecule has 0 N–H and O–H groups in total. The number of aromatic nitrogens is 1. The molecule has 2 fully saturated rings. The summed E-state index contributed by atoms with van der Waals surface area (Å²) in [6.45, 7) is 0. The SMILES string of the molecule is O=C1c2cc3c(cc2C2CCC1CC2)c1c(-c2ccc(-c4ccccc4)cc2)cc(-c2ccc(-c4ccccc4)cc2)c2c4cc5c(cc4n3c12)C(=O)C1CCC5CC1. The van der Waals surface area contributed by atoms with Crippen molar-refractivity contribution in [1.82, 2.24) is 4.40 Å². The van der Waals surface area contributed by atoms with Crippen molar-refractivity contribution in [3.8, 4) is 44.5 Å². The van der Waals surface area contributed by atoms with Gasteiger partial charge < -0.3 is 4.40 Å². The molecule has 59 heavy (non-hydrogen) atoms. The molecular formula is C56H43NO2. The van der Waals surface area contributed by atoms with E-state index >= 15 is 0 Å². The number of nitrogens with zero attached hydrogens (tertiary/aromatic N) is 1. The van der Waals surface area contributed by atoms with Crippen molar-refractivity contribution in [2.75, 3.05) is 0 Å². The Hall–Kier alpha value is -6.32. The Kier molecular flexibility index (Phi) is 7.18. The summed E-state index contributed by atoms with van der Waals surface area (Å²) in [6.07, 6.45) is 8.25. The molecule has 3 nitrogen and oxygen atoms in total. The van der Waals surface area contributed by atoms with E-state index in [2.05, 4.69) is 144 Å². The molecule has 2 aromatic heterocycles. The summed E-state index contributed by atoms with van der Waals surface area (Å²) in [6, 6.07) is 51.2. The van der Waals surface area contributed by atoms with Crippen LogP contribution in [0.5, 0.6) is 0 Å². The molecule has 0 amide bonds. The van der Waals surface area contributed by atoms with Crippen LogP contribution in [-0.2, 0) is 0 Å². The minimum absolute atomic E-state index is 0.115. The Labute approximate surface area is 343 Å². The summed E-state index contributed by atoms with van der Waals surface area (Å²) in [4.78, 5) is 28.6. The minimum atomic E-state index is 0.115. The molecular weight excluding hydrogens is 719 g/mol. The van der Waals surface area contributed by atoms with E-state index in [0.29, 0.717) is 23.4 Å². The Bertz CT molecular complexity index is 2960. The molecule has 9 aromatic rings. The predicted molar refractivity (Wildman–Crippen MR) is 241 cm³/mol. The lowest BCUT2D eigenvalue weighted by atomic mass is 9.82. The maximum absolute atomic E-state index is 14.3. The van der Waals surface area contributed by atoms with Gasteiger partial charge >= 0.3 is 0 Å². The van der Waals surface area contributed by atoms with Crippen molar-refractivity contribution >= 4 is 49.7 Å². The van der Waals surface area contributed by atoms with E-state index in [0.717, 1.165) is 73.5 Å². The van der Waals surface area contributed by atoms with Crippen LogP contribution in [0.1, 0.15) is 95.0 Å². The topological polar surface area (TPSA) is 38.5 Å². The van der Waals surface area contributed by atoms with E-state index in [9.17, 15) is 9.59 Å². The number of Topliss-reactive ketones (excluding diaryl/α,β-unsaturated/α-hetero) is 2. The largest absolute Gasteiger partial charge is 0.308 e. The standard InChI is InChI=1S/C56H43NO2/c58-55-40-23-19-36(20-24-40)42-27-48-50(30-46(42)55)57-51-31-47-43(37-21-25-41(26-22-37)56(47)59)28-49(51)53-45(39-17-13-35(14-18-39)33-9-5-2-6-10-33)29-44(52(48)54(53)57)38-15-11-34(12-16-38)32-7-3-1-4-8-32/h1-18,27-31,36-37,40-41H,19-26H2. The van der Waals surface area contributed by atoms with Gasteiger partial charge in [0, 0.05) is 44.5 Å². The van der Waals surface area contributed by atoms with Crippen LogP contribution >= 0.6 is 0 Å². The first-order valence-corrected chi connectivity index (χ1v) is 21.9. The van der Waals surface area contributed by atoms with Crippen LogP contribution in [0, 0.1) is 11.8 Å². The van der Waals surface area contributed by atoms with Crippen LogP contribution in [0.2, 0.25) is 0 Å². The molecule has 0 radical (unpaired) electrons. The zero-order valence-corrected chi connectivity index (χ0v) is 33.0. The first-order valence-electron chi connectivity index (χ1n) is 21.9. The highest BCUT2D eigenvalue weighted by atomic mass is 16.1. The third-order valence-electron chi connectivity index (χ3n) is 15.1. The summed E-state index contributed by atoms with van der Waals surface area (Å²) in [5.74, 6) is 1.69. The summed E-state index contributed by atoms with van der Waals surface area (Å²) >= 11 is 0. The monoisotopic (exact) mass is 761 g/mol. The molecule has 284 valence electrons. The van der Waals surface area contributed by atoms with Crippen molar-refractivity contribution in [3.63, 3.8) is 0 Å². The Morgan fingerprint density at radius 1 is 0.356 bits per heavy atom. The van der Waals surface area contributed by atoms with Gasteiger partial charge in [0.05, 0.1) is 16.6 Å². The average molecular weight is 762 g/mol. The number of fused-ring (bicyclic) bond motifs is 10. The van der Waals surface area contributed by atoms with Crippen LogP contribution < -0.4 is 0 Å². The summed E-state index contributed by atoms with van der Waals surface area (Å²) in [7, 11) is 0. The highest BCUT2D eigenvalue weighted by molar-refractivity contribution is 6.31. The summed E-state index contributed by atoms with van der Waals surface area (Å²) < 4.78 is 2.46. The van der Waals surface area contributed by atoms with Gasteiger partial charge in [-0.1, -0.05) is 109 Å². The third-order valence-corrected chi connectivity index (χ3v) is 15.1. The van der Waals surface area contributed by atoms with Crippen LogP contribution in [0.25, 0.3) is 82.6 Å². The summed E-state index contributed by atoms with van der Waals surface area (Å²) in [5.41, 5.74) is 17.2. The van der Waals surface area contributed by atoms with Crippen molar-refractivity contribution in [2.45, 2.75) is 63.2 Å². The van der Waals surface area contributed by atoms with Gasteiger partial charge in [-0.05, 0) is 149 Å². The molecule has 0 atom stereocenters. The Morgan fingerprint density at radius 2 is 0.712 bits per heavy atom. The van der Waals surface area contributed by atoms with Gasteiger partial charge in [-0.25, -0.2) is 0 Å². The first kappa shape index (κ1) is 33.6. The lowest BCUT2D eigenvalue weighted by Crippen LogP contribution is -2.15. The average Bonchev–Trinajstić information content (AvgIpc) is 3.63. The van der Waals surface area contributed by atoms with E-state index in [-0.39, 0.29) is 11.8 Å². The van der Waals surface area contributed by atoms with Crippen LogP contribution in [0.3, 0.4) is 0 Å². The van der Waals surface area contributed by atoms with Gasteiger partial charge in [-0.15, -0.1) is 0 Å². The van der Waals surface area contributed by atoms with Gasteiger partial charge in [0.1, 0.15) is 0 Å². The lowest BCUT2D eigenvalue weighted by molar-refractivity contribution is 0.0891. The second kappa shape index (κ2) is 12.6. The minimum Gasteiger partial charge on any atom is -0.308 e. The molecule has 0 aliphatic heterocycles. The van der Waals surface area contributed by atoms with Crippen LogP contribution in [-0.4, -0.2) is 16.0 Å². The fourth-order valence-corrected chi connectivity index (χ4v) is 12.1. The molecule has 7 aromatic carbocycles. The van der Waals surface area contributed by atoms with E-state index in [4.69, 9.17) is 0 Å². The van der Waals surface area contributed by atoms with Gasteiger partial charge in [0.25, 0.3) is 0 Å². The van der Waals surface area contributed by atoms with E-state index in [1.54, 1.807) is 0 Å². The van der Waals surface area contributed by atoms with E-state index in [1.807, 2.05) is 0 Å². The van der Waals surface area contributed by atoms with E-state index < -0.39 is 0 Å². The maximum atomic E-state index is 14.3. The molecule has 0 saturated heterocycles. The van der Waals surface area contributed by atoms with Crippen LogP contribution in [0.4, 0.5) is 0 Å². The first-order chi connectivity index (χ1) is 29.1. The van der Waals surface area contributed by atoms with Gasteiger partial charge in [-0.3, -0.25) is 9.59 Å². The molecule has 6 aliphatic rings. The zero-order valence-electron chi connectivity index (χ0n) is 33.0. The zero-order chi connectivity index (χ0) is 38.9. The van der Waals surface area contributed by atoms with Gasteiger partial charge in [0.15, 0.2) is 11.6 Å². The van der Waals surface area contributed by atoms with Crippen molar-refractivity contribution < 1.29 is 9.59 Å². The van der Waals surface area contributed by atoms with Crippen LogP contribution in [0.15, 0.2) is 140 Å². The molecule has 2 heterocycles. The highest BCUT2D eigenvalue weighted by Crippen LogP contribution is 2.53. The number of carbonyl (C=O) groups excluding carboxylic acids is 2. The molecule has 15 rings (SSSR count). The number of carbonyl (C=O) groups is 2. The second-order valence-corrected chi connectivity index (χ2v) is 18.0. The molecule has 4 bridgehead atoms. The second-order valence-electron chi connectivity index (χ2n) is 18.0. The fourth-order valence-electron chi connectivity index (χ4n) is 12.1. The quantitative estimate of drug-likeness (QED) is 0.179. The van der Waals surface area contributed by atoms with Gasteiger partial charge in [0.2, 0.25) is 0 Å². The molecule has 2 saturated carbocycles. The smallest absolute Gasteiger partial charge is 0.166 e. The third kappa shape index (κ3) is 4.88. The van der Waals surface area contributed by atoms with Crippen molar-refractivity contribution in [1.29, 1.82) is 0 Å². The number of benzene rings is 7. The normalized spacial score (nSPS) is 21.1. The van der Waals surface area contributed by atoms with Gasteiger partial charge in [-0.2, -0.15) is 0 Å². The molecule has 3 heteroatoms. The van der Waals surface area contributed by atoms with Crippen molar-refractivity contribution in [2.24, 2.45) is 11.8 Å². The number of hydrogen-bond acceptors (Lipinski definition) is 2. The maximum Gasteiger partial charge on any atom is 0.166 e. The lowest BCUT2D eigenvalue weighted by Gasteiger charge is -2.22.